The first kappa shape index (κ1) is 11.8. The normalized spacial score (nSPS) is 12.7. The van der Waals surface area contributed by atoms with E-state index in [0.717, 1.165) is 6.92 Å². The summed E-state index contributed by atoms with van der Waals surface area (Å²) < 4.78 is 36.1. The number of anilines is 1. The first-order valence-electron chi connectivity index (χ1n) is 3.89. The second-order valence-electron chi connectivity index (χ2n) is 2.64. The van der Waals surface area contributed by atoms with Crippen molar-refractivity contribution in [2.45, 2.75) is 13.1 Å². The van der Waals surface area contributed by atoms with Crippen LogP contribution in [0.2, 0.25) is 5.02 Å². The van der Waals surface area contributed by atoms with Crippen LogP contribution in [-0.2, 0) is 0 Å². The van der Waals surface area contributed by atoms with Gasteiger partial charge in [0.1, 0.15) is 5.71 Å². The molecule has 0 radical (unpaired) electrons. The molecule has 0 amide bonds. The topological polar surface area (TPSA) is 37.3 Å². The van der Waals surface area contributed by atoms with E-state index in [1.165, 1.54) is 12.3 Å². The number of pyridine rings is 1. The molecule has 0 aromatic carbocycles. The molecule has 7 heteroatoms. The largest absolute Gasteiger partial charge is 0.430 e. The van der Waals surface area contributed by atoms with Crippen LogP contribution in [0, 0.1) is 0 Å². The van der Waals surface area contributed by atoms with Crippen LogP contribution in [-0.4, -0.2) is 16.9 Å². The van der Waals surface area contributed by atoms with Crippen LogP contribution in [0.5, 0.6) is 0 Å². The van der Waals surface area contributed by atoms with Crippen LogP contribution in [0.3, 0.4) is 0 Å². The Bertz CT molecular complexity index is 376. The highest BCUT2D eigenvalue weighted by molar-refractivity contribution is 6.32. The molecule has 0 atom stereocenters. The summed E-state index contributed by atoms with van der Waals surface area (Å²) in [5.41, 5.74) is 1.15. The molecule has 82 valence electrons. The van der Waals surface area contributed by atoms with E-state index < -0.39 is 11.9 Å². The highest BCUT2D eigenvalue weighted by Gasteiger charge is 2.32. The SMILES string of the molecule is C/C(=N\Nc1ncccc1Cl)C(F)(F)F. The lowest BCUT2D eigenvalue weighted by Crippen LogP contribution is -2.20. The molecule has 1 aromatic rings. The van der Waals surface area contributed by atoms with Gasteiger partial charge in [0, 0.05) is 6.20 Å². The Balaban J connectivity index is 2.77. The van der Waals surface area contributed by atoms with Gasteiger partial charge in [-0.15, -0.1) is 0 Å². The molecule has 0 spiro atoms. The monoisotopic (exact) mass is 237 g/mol. The van der Waals surface area contributed by atoms with E-state index in [4.69, 9.17) is 11.6 Å². The third-order valence-electron chi connectivity index (χ3n) is 1.50. The summed E-state index contributed by atoms with van der Waals surface area (Å²) in [6.07, 6.45) is -3.05. The maximum absolute atomic E-state index is 12.0. The van der Waals surface area contributed by atoms with Crippen molar-refractivity contribution in [3.05, 3.63) is 23.4 Å². The second kappa shape index (κ2) is 4.48. The number of nitrogens with one attached hydrogen (secondary N) is 1. The summed E-state index contributed by atoms with van der Waals surface area (Å²) in [5, 5.41) is 3.33. The number of hydrogen-bond acceptors (Lipinski definition) is 3. The Morgan fingerprint density at radius 1 is 1.53 bits per heavy atom. The Kier molecular flexibility index (Phi) is 3.52. The van der Waals surface area contributed by atoms with Gasteiger partial charge in [0.15, 0.2) is 5.82 Å². The summed E-state index contributed by atoms with van der Waals surface area (Å²) in [7, 11) is 0. The second-order valence-corrected chi connectivity index (χ2v) is 3.05. The first-order valence-corrected chi connectivity index (χ1v) is 4.27. The Labute approximate surface area is 89.0 Å². The Morgan fingerprint density at radius 3 is 2.73 bits per heavy atom. The highest BCUT2D eigenvalue weighted by Crippen LogP contribution is 2.20. The van der Waals surface area contributed by atoms with E-state index in [9.17, 15) is 13.2 Å². The van der Waals surface area contributed by atoms with Crippen LogP contribution in [0.4, 0.5) is 19.0 Å². The molecule has 0 saturated heterocycles. The summed E-state index contributed by atoms with van der Waals surface area (Å²) in [5.74, 6) is 0.0859. The lowest BCUT2D eigenvalue weighted by molar-refractivity contribution is -0.0592. The van der Waals surface area contributed by atoms with Gasteiger partial charge in [-0.25, -0.2) is 4.98 Å². The van der Waals surface area contributed by atoms with E-state index in [-0.39, 0.29) is 10.8 Å². The fraction of sp³-hybridized carbons (Fsp3) is 0.250. The number of aromatic nitrogens is 1. The molecule has 1 heterocycles. The lowest BCUT2D eigenvalue weighted by Gasteiger charge is -2.06. The number of nitrogens with zero attached hydrogens (tertiary/aromatic N) is 2. The number of rotatable bonds is 2. The maximum Gasteiger partial charge on any atom is 0.430 e. The van der Waals surface area contributed by atoms with Crippen LogP contribution >= 0.6 is 11.6 Å². The number of hydrazone groups is 1. The van der Waals surface area contributed by atoms with Gasteiger partial charge < -0.3 is 0 Å². The van der Waals surface area contributed by atoms with E-state index >= 15 is 0 Å². The van der Waals surface area contributed by atoms with Gasteiger partial charge in [-0.2, -0.15) is 18.3 Å². The average Bonchev–Trinajstić information content (AvgIpc) is 2.14. The van der Waals surface area contributed by atoms with Crippen LogP contribution < -0.4 is 5.43 Å². The van der Waals surface area contributed by atoms with Crippen molar-refractivity contribution in [1.29, 1.82) is 0 Å². The minimum Gasteiger partial charge on any atom is -0.260 e. The number of halogens is 4. The van der Waals surface area contributed by atoms with Gasteiger partial charge in [-0.1, -0.05) is 11.6 Å². The third-order valence-corrected chi connectivity index (χ3v) is 1.80. The summed E-state index contributed by atoms with van der Waals surface area (Å²) in [6.45, 7) is 0.851. The van der Waals surface area contributed by atoms with Gasteiger partial charge in [-0.05, 0) is 19.1 Å². The molecular weight excluding hydrogens is 231 g/mol. The summed E-state index contributed by atoms with van der Waals surface area (Å²) in [6, 6.07) is 3.06. The molecule has 3 nitrogen and oxygen atoms in total. The molecule has 0 aliphatic heterocycles. The molecule has 0 saturated carbocycles. The van der Waals surface area contributed by atoms with Crippen molar-refractivity contribution in [3.8, 4) is 0 Å². The van der Waals surface area contributed by atoms with Gasteiger partial charge in [0.05, 0.1) is 5.02 Å². The maximum atomic E-state index is 12.0. The zero-order valence-electron chi connectivity index (χ0n) is 7.64. The van der Waals surface area contributed by atoms with Gasteiger partial charge in [0.25, 0.3) is 0 Å². The van der Waals surface area contributed by atoms with Crippen LogP contribution in [0.15, 0.2) is 23.4 Å². The highest BCUT2D eigenvalue weighted by atomic mass is 35.5. The van der Waals surface area contributed by atoms with Crippen molar-refractivity contribution in [3.63, 3.8) is 0 Å². The van der Waals surface area contributed by atoms with Gasteiger partial charge in [0.2, 0.25) is 0 Å². The molecule has 15 heavy (non-hydrogen) atoms. The average molecular weight is 238 g/mol. The van der Waals surface area contributed by atoms with Crippen molar-refractivity contribution >= 4 is 23.1 Å². The minimum absolute atomic E-state index is 0.0859. The van der Waals surface area contributed by atoms with Crippen molar-refractivity contribution in [2.75, 3.05) is 5.43 Å². The van der Waals surface area contributed by atoms with E-state index in [0.29, 0.717) is 0 Å². The predicted molar refractivity (Wildman–Crippen MR) is 52.0 cm³/mol. The fourth-order valence-electron chi connectivity index (χ4n) is 0.668. The number of hydrogen-bond donors (Lipinski definition) is 1. The van der Waals surface area contributed by atoms with Gasteiger partial charge >= 0.3 is 6.18 Å². The molecule has 0 bridgehead atoms. The summed E-state index contributed by atoms with van der Waals surface area (Å²) >= 11 is 5.65. The van der Waals surface area contributed by atoms with Gasteiger partial charge in [-0.3, -0.25) is 5.43 Å². The molecular formula is C8H7ClF3N3. The summed E-state index contributed by atoms with van der Waals surface area (Å²) in [4.78, 5) is 3.71. The Hall–Kier alpha value is -1.30. The zero-order chi connectivity index (χ0) is 11.5. The van der Waals surface area contributed by atoms with Crippen LogP contribution in [0.25, 0.3) is 0 Å². The quantitative estimate of drug-likeness (QED) is 0.634. The predicted octanol–water partition coefficient (Wildman–Crippen LogP) is 3.09. The van der Waals surface area contributed by atoms with E-state index in [2.05, 4.69) is 15.5 Å². The van der Waals surface area contributed by atoms with Crippen molar-refractivity contribution in [1.82, 2.24) is 4.98 Å². The van der Waals surface area contributed by atoms with Crippen molar-refractivity contribution < 1.29 is 13.2 Å². The molecule has 1 rings (SSSR count). The Morgan fingerprint density at radius 2 is 2.20 bits per heavy atom. The van der Waals surface area contributed by atoms with E-state index in [1.807, 2.05) is 0 Å². The van der Waals surface area contributed by atoms with Crippen LogP contribution in [0.1, 0.15) is 6.92 Å². The molecule has 0 aliphatic carbocycles. The lowest BCUT2D eigenvalue weighted by atomic mass is 10.4. The third kappa shape index (κ3) is 3.39. The first-order chi connectivity index (χ1) is 6.91. The smallest absolute Gasteiger partial charge is 0.260 e. The molecule has 1 aromatic heterocycles. The fourth-order valence-corrected chi connectivity index (χ4v) is 0.832. The molecule has 0 unspecified atom stereocenters. The van der Waals surface area contributed by atoms with E-state index in [1.54, 1.807) is 6.07 Å². The molecule has 1 N–H and O–H groups in total. The van der Waals surface area contributed by atoms with Crippen molar-refractivity contribution in [2.24, 2.45) is 5.10 Å². The number of alkyl halides is 3. The minimum atomic E-state index is -4.45. The molecule has 0 fully saturated rings. The zero-order valence-corrected chi connectivity index (χ0v) is 8.39. The standard InChI is InChI=1S/C8H7ClF3N3/c1-5(8(10,11)12)14-15-7-6(9)3-2-4-13-7/h2-4H,1H3,(H,13,15)/b14-5+. The molecule has 0 aliphatic rings.